The van der Waals surface area contributed by atoms with E-state index in [0.29, 0.717) is 11.5 Å². The van der Waals surface area contributed by atoms with Crippen molar-refractivity contribution in [2.24, 2.45) is 5.92 Å². The SMILES string of the molecule is Cl.Cl.Oc1ccc(SC(F)(F)F)cc1[C@H](C1CCC1)N1CCNCC1. The lowest BCUT2D eigenvalue weighted by Gasteiger charge is -2.43. The van der Waals surface area contributed by atoms with Gasteiger partial charge in [0.2, 0.25) is 0 Å². The van der Waals surface area contributed by atoms with Crippen LogP contribution in [-0.2, 0) is 0 Å². The molecule has 0 unspecified atom stereocenters. The van der Waals surface area contributed by atoms with Crippen LogP contribution >= 0.6 is 36.6 Å². The summed E-state index contributed by atoms with van der Waals surface area (Å²) in [7, 11) is 0. The van der Waals surface area contributed by atoms with Crippen molar-refractivity contribution < 1.29 is 18.3 Å². The van der Waals surface area contributed by atoms with Crippen LogP contribution in [0.3, 0.4) is 0 Å². The van der Waals surface area contributed by atoms with Crippen LogP contribution < -0.4 is 5.32 Å². The third-order valence-corrected chi connectivity index (χ3v) is 5.41. The second-order valence-electron chi connectivity index (χ2n) is 6.19. The maximum Gasteiger partial charge on any atom is 0.446 e. The molecular weight excluding hydrogens is 396 g/mol. The molecule has 1 aromatic carbocycles. The van der Waals surface area contributed by atoms with E-state index < -0.39 is 5.51 Å². The number of thioether (sulfide) groups is 1. The molecular formula is C16H23Cl2F3N2OS. The number of halogens is 5. The van der Waals surface area contributed by atoms with Gasteiger partial charge in [0, 0.05) is 42.7 Å². The first kappa shape index (κ1) is 22.7. The molecule has 1 aliphatic heterocycles. The predicted molar refractivity (Wildman–Crippen MR) is 99.0 cm³/mol. The van der Waals surface area contributed by atoms with Crippen molar-refractivity contribution in [1.29, 1.82) is 0 Å². The minimum atomic E-state index is -4.31. The number of phenolic OH excluding ortho intramolecular Hbond substituents is 1. The number of aromatic hydroxyl groups is 1. The van der Waals surface area contributed by atoms with Gasteiger partial charge in [-0.2, -0.15) is 13.2 Å². The Kier molecular flexibility index (Phi) is 8.67. The van der Waals surface area contributed by atoms with E-state index in [9.17, 15) is 18.3 Å². The molecule has 1 aliphatic carbocycles. The fourth-order valence-electron chi connectivity index (χ4n) is 3.43. The summed E-state index contributed by atoms with van der Waals surface area (Å²) < 4.78 is 37.9. The quantitative estimate of drug-likeness (QED) is 0.700. The van der Waals surface area contributed by atoms with Gasteiger partial charge in [0.25, 0.3) is 0 Å². The lowest BCUT2D eigenvalue weighted by atomic mass is 9.76. The third-order valence-electron chi connectivity index (χ3n) is 4.69. The van der Waals surface area contributed by atoms with Crippen LogP contribution in [0.2, 0.25) is 0 Å². The van der Waals surface area contributed by atoms with Crippen molar-refractivity contribution >= 4 is 36.6 Å². The molecule has 2 fully saturated rings. The molecule has 1 aromatic rings. The summed E-state index contributed by atoms with van der Waals surface area (Å²) in [6, 6.07) is 4.28. The molecule has 1 atom stereocenters. The minimum Gasteiger partial charge on any atom is -0.508 e. The van der Waals surface area contributed by atoms with Crippen LogP contribution in [0, 0.1) is 5.92 Å². The molecule has 144 valence electrons. The zero-order valence-corrected chi connectivity index (χ0v) is 16.0. The summed E-state index contributed by atoms with van der Waals surface area (Å²) in [4.78, 5) is 2.45. The minimum absolute atomic E-state index is 0. The summed E-state index contributed by atoms with van der Waals surface area (Å²) >= 11 is -0.117. The summed E-state index contributed by atoms with van der Waals surface area (Å²) in [5, 5.41) is 13.6. The molecule has 2 aliphatic rings. The van der Waals surface area contributed by atoms with Gasteiger partial charge in [-0.05, 0) is 48.7 Å². The highest BCUT2D eigenvalue weighted by Gasteiger charge is 2.36. The first-order valence-electron chi connectivity index (χ1n) is 7.97. The van der Waals surface area contributed by atoms with Gasteiger partial charge in [0.05, 0.1) is 0 Å². The summed E-state index contributed by atoms with van der Waals surface area (Å²) in [6.45, 7) is 3.47. The van der Waals surface area contributed by atoms with E-state index in [1.54, 1.807) is 0 Å². The zero-order chi connectivity index (χ0) is 16.4. The van der Waals surface area contributed by atoms with E-state index in [1.165, 1.54) is 18.2 Å². The lowest BCUT2D eigenvalue weighted by Crippen LogP contribution is -2.47. The maximum absolute atomic E-state index is 12.6. The fourth-order valence-corrected chi connectivity index (χ4v) is 4.02. The molecule has 2 N–H and O–H groups in total. The lowest BCUT2D eigenvalue weighted by molar-refractivity contribution is -0.0328. The molecule has 3 rings (SSSR count). The third kappa shape index (κ3) is 5.82. The standard InChI is InChI=1S/C16H21F3N2OS.2ClH/c17-16(18,19)23-12-4-5-14(22)13(10-12)15(11-2-1-3-11)21-8-6-20-7-9-21;;/h4-5,10-11,15,20,22H,1-3,6-9H2;2*1H/t15-;;/m0../s1. The Morgan fingerprint density at radius 1 is 1.16 bits per heavy atom. The molecule has 0 bridgehead atoms. The second kappa shape index (κ2) is 9.55. The van der Waals surface area contributed by atoms with Gasteiger partial charge in [-0.25, -0.2) is 0 Å². The van der Waals surface area contributed by atoms with Gasteiger partial charge in [-0.1, -0.05) is 6.42 Å². The van der Waals surface area contributed by atoms with E-state index in [4.69, 9.17) is 0 Å². The number of hydrogen-bond acceptors (Lipinski definition) is 4. The maximum atomic E-state index is 12.6. The van der Waals surface area contributed by atoms with E-state index >= 15 is 0 Å². The molecule has 3 nitrogen and oxygen atoms in total. The van der Waals surface area contributed by atoms with Crippen LogP contribution in [0.25, 0.3) is 0 Å². The number of rotatable bonds is 4. The number of alkyl halides is 3. The largest absolute Gasteiger partial charge is 0.508 e. The first-order chi connectivity index (χ1) is 10.9. The highest BCUT2D eigenvalue weighted by molar-refractivity contribution is 8.00. The Hall–Kier alpha value is -0.340. The molecule has 1 heterocycles. The smallest absolute Gasteiger partial charge is 0.446 e. The molecule has 0 amide bonds. The molecule has 1 saturated heterocycles. The average Bonchev–Trinajstić information content (AvgIpc) is 2.44. The number of hydrogen-bond donors (Lipinski definition) is 2. The molecule has 0 spiro atoms. The van der Waals surface area contributed by atoms with Crippen molar-refractivity contribution in [3.63, 3.8) is 0 Å². The van der Waals surface area contributed by atoms with Crippen LogP contribution in [0.5, 0.6) is 5.75 Å². The van der Waals surface area contributed by atoms with Crippen molar-refractivity contribution in [2.45, 2.75) is 35.7 Å². The summed E-state index contributed by atoms with van der Waals surface area (Å²) in [5.41, 5.74) is -3.67. The normalized spacial score (nSPS) is 20.1. The topological polar surface area (TPSA) is 35.5 Å². The number of nitrogens with one attached hydrogen (secondary N) is 1. The Morgan fingerprint density at radius 3 is 2.32 bits per heavy atom. The summed E-state index contributed by atoms with van der Waals surface area (Å²) in [5.74, 6) is 0.525. The highest BCUT2D eigenvalue weighted by atomic mass is 35.5. The predicted octanol–water partition coefficient (Wildman–Crippen LogP) is 4.59. The van der Waals surface area contributed by atoms with Gasteiger partial charge >= 0.3 is 5.51 Å². The molecule has 0 radical (unpaired) electrons. The van der Waals surface area contributed by atoms with Crippen molar-refractivity contribution in [3.05, 3.63) is 23.8 Å². The molecule has 0 aromatic heterocycles. The van der Waals surface area contributed by atoms with E-state index in [-0.39, 0.29) is 53.3 Å². The van der Waals surface area contributed by atoms with Crippen molar-refractivity contribution in [1.82, 2.24) is 10.2 Å². The highest BCUT2D eigenvalue weighted by Crippen LogP contribution is 2.46. The van der Waals surface area contributed by atoms with Crippen molar-refractivity contribution in [2.75, 3.05) is 26.2 Å². The molecule has 25 heavy (non-hydrogen) atoms. The second-order valence-corrected chi connectivity index (χ2v) is 7.33. The van der Waals surface area contributed by atoms with Gasteiger partial charge < -0.3 is 10.4 Å². The Morgan fingerprint density at radius 2 is 1.80 bits per heavy atom. The van der Waals surface area contributed by atoms with Crippen LogP contribution in [0.15, 0.2) is 23.1 Å². The van der Waals surface area contributed by atoms with Gasteiger partial charge in [-0.3, -0.25) is 4.90 Å². The van der Waals surface area contributed by atoms with Gasteiger partial charge in [-0.15, -0.1) is 24.8 Å². The Balaban J connectivity index is 0.00000156. The van der Waals surface area contributed by atoms with Gasteiger partial charge in [0.15, 0.2) is 0 Å². The number of phenols is 1. The van der Waals surface area contributed by atoms with Crippen LogP contribution in [0.1, 0.15) is 30.9 Å². The fraction of sp³-hybridized carbons (Fsp3) is 0.625. The van der Waals surface area contributed by atoms with E-state index in [2.05, 4.69) is 10.2 Å². The van der Waals surface area contributed by atoms with Gasteiger partial charge in [0.1, 0.15) is 5.75 Å². The number of piperazine rings is 1. The molecule has 9 heteroatoms. The Bertz CT molecular complexity index is 553. The van der Waals surface area contributed by atoms with Crippen LogP contribution in [-0.4, -0.2) is 41.7 Å². The van der Waals surface area contributed by atoms with Crippen molar-refractivity contribution in [3.8, 4) is 5.75 Å². The number of benzene rings is 1. The number of nitrogens with zero attached hydrogens (tertiary/aromatic N) is 1. The van der Waals surface area contributed by atoms with E-state index in [0.717, 1.165) is 45.4 Å². The first-order valence-corrected chi connectivity index (χ1v) is 8.79. The summed E-state index contributed by atoms with van der Waals surface area (Å²) in [6.07, 6.45) is 3.31. The van der Waals surface area contributed by atoms with Crippen LogP contribution in [0.4, 0.5) is 13.2 Å². The zero-order valence-electron chi connectivity index (χ0n) is 13.6. The van der Waals surface area contributed by atoms with E-state index in [1.807, 2.05) is 0 Å². The monoisotopic (exact) mass is 418 g/mol. The average molecular weight is 419 g/mol. The Labute approximate surface area is 162 Å². The molecule has 1 saturated carbocycles.